The van der Waals surface area contributed by atoms with Gasteiger partial charge in [0, 0.05) is 50.9 Å². The van der Waals surface area contributed by atoms with E-state index in [1.165, 1.54) is 24.6 Å². The Morgan fingerprint density at radius 1 is 1.23 bits per heavy atom. The summed E-state index contributed by atoms with van der Waals surface area (Å²) < 4.78 is 0. The van der Waals surface area contributed by atoms with Crippen LogP contribution in [-0.2, 0) is 9.59 Å². The van der Waals surface area contributed by atoms with Crippen LogP contribution in [0.5, 0.6) is 0 Å². The highest BCUT2D eigenvalue weighted by molar-refractivity contribution is 6.34. The van der Waals surface area contributed by atoms with Crippen molar-refractivity contribution >= 4 is 34.8 Å². The van der Waals surface area contributed by atoms with Crippen LogP contribution in [0.2, 0.25) is 5.02 Å². The first-order chi connectivity index (χ1) is 14.8. The number of nitrogens with zero attached hydrogens (tertiary/aromatic N) is 4. The molecule has 0 radical (unpaired) electrons. The number of piperidine rings is 1. The molecule has 2 aliphatic heterocycles. The number of non-ortho nitro benzene ring substituents is 1. The maximum atomic E-state index is 12.7. The summed E-state index contributed by atoms with van der Waals surface area (Å²) in [5, 5.41) is 13.7. The van der Waals surface area contributed by atoms with Gasteiger partial charge in [-0.05, 0) is 39.2 Å². The number of nitro groups is 1. The Morgan fingerprint density at radius 3 is 2.55 bits per heavy atom. The number of benzene rings is 1. The van der Waals surface area contributed by atoms with Crippen molar-refractivity contribution in [2.24, 2.45) is 0 Å². The van der Waals surface area contributed by atoms with Crippen molar-refractivity contribution in [1.29, 1.82) is 0 Å². The lowest BCUT2D eigenvalue weighted by molar-refractivity contribution is -0.384. The van der Waals surface area contributed by atoms with Gasteiger partial charge in [-0.15, -0.1) is 0 Å². The molecule has 2 amide bonds. The first-order valence-corrected chi connectivity index (χ1v) is 11.1. The zero-order chi connectivity index (χ0) is 22.5. The van der Waals surface area contributed by atoms with Gasteiger partial charge in [-0.1, -0.05) is 11.6 Å². The molecular formula is C21H30ClN5O4. The first kappa shape index (κ1) is 23.4. The van der Waals surface area contributed by atoms with E-state index in [0.717, 1.165) is 32.5 Å². The number of hydrogen-bond acceptors (Lipinski definition) is 6. The Labute approximate surface area is 187 Å². The summed E-state index contributed by atoms with van der Waals surface area (Å²) in [5.74, 6) is -0.0262. The molecule has 0 saturated carbocycles. The quantitative estimate of drug-likeness (QED) is 0.527. The van der Waals surface area contributed by atoms with E-state index in [9.17, 15) is 19.7 Å². The fourth-order valence-corrected chi connectivity index (χ4v) is 4.40. The fraction of sp³-hybridized carbons (Fsp3) is 0.619. The average molecular weight is 452 g/mol. The van der Waals surface area contributed by atoms with Gasteiger partial charge in [-0.25, -0.2) is 0 Å². The Kier molecular flexibility index (Phi) is 7.85. The second kappa shape index (κ2) is 10.4. The minimum Gasteiger partial charge on any atom is -0.339 e. The normalized spacial score (nSPS) is 21.5. The van der Waals surface area contributed by atoms with Crippen LogP contribution < -0.4 is 5.32 Å². The standard InChI is InChI=1S/C21H30ClN5O4/c1-15-5-3-4-8-26(15)20(28)14-24-9-11-25(12-10-24)16(2)21(29)23-19-7-6-17(27(30)31)13-18(19)22/h6-7,13,15-16H,3-5,8-12,14H2,1-2H3,(H,23,29)/t15-,16+/m0/s1. The molecule has 2 heterocycles. The maximum Gasteiger partial charge on any atom is 0.271 e. The van der Waals surface area contributed by atoms with Crippen molar-refractivity contribution in [2.75, 3.05) is 44.6 Å². The topological polar surface area (TPSA) is 99.0 Å². The van der Waals surface area contributed by atoms with Gasteiger partial charge < -0.3 is 10.2 Å². The third-order valence-corrected chi connectivity index (χ3v) is 6.55. The third kappa shape index (κ3) is 5.93. The number of piperazine rings is 1. The molecule has 3 rings (SSSR count). The second-order valence-electron chi connectivity index (χ2n) is 8.33. The molecule has 2 saturated heterocycles. The number of hydrogen-bond donors (Lipinski definition) is 1. The number of nitrogens with one attached hydrogen (secondary N) is 1. The van der Waals surface area contributed by atoms with Gasteiger partial charge in [-0.2, -0.15) is 0 Å². The zero-order valence-electron chi connectivity index (χ0n) is 18.1. The minimum atomic E-state index is -0.531. The summed E-state index contributed by atoms with van der Waals surface area (Å²) in [5.41, 5.74) is 0.227. The molecule has 0 spiro atoms. The molecule has 1 N–H and O–H groups in total. The van der Waals surface area contributed by atoms with Gasteiger partial charge in [0.2, 0.25) is 11.8 Å². The van der Waals surface area contributed by atoms with Crippen LogP contribution in [0.3, 0.4) is 0 Å². The highest BCUT2D eigenvalue weighted by Gasteiger charge is 2.29. The van der Waals surface area contributed by atoms with E-state index in [0.29, 0.717) is 31.4 Å². The molecule has 31 heavy (non-hydrogen) atoms. The summed E-state index contributed by atoms with van der Waals surface area (Å²) in [4.78, 5) is 41.8. The molecule has 0 unspecified atom stereocenters. The number of carbonyl (C=O) groups is 2. The van der Waals surface area contributed by atoms with Gasteiger partial charge in [0.1, 0.15) is 0 Å². The molecule has 0 aromatic heterocycles. The first-order valence-electron chi connectivity index (χ1n) is 10.8. The van der Waals surface area contributed by atoms with Crippen LogP contribution in [0.1, 0.15) is 33.1 Å². The van der Waals surface area contributed by atoms with Gasteiger partial charge in [0.15, 0.2) is 0 Å². The predicted molar refractivity (Wildman–Crippen MR) is 119 cm³/mol. The molecular weight excluding hydrogens is 422 g/mol. The van der Waals surface area contributed by atoms with Crippen LogP contribution in [0.15, 0.2) is 18.2 Å². The lowest BCUT2D eigenvalue weighted by atomic mass is 10.0. The van der Waals surface area contributed by atoms with Crippen LogP contribution in [0.25, 0.3) is 0 Å². The van der Waals surface area contributed by atoms with E-state index in [2.05, 4.69) is 22.0 Å². The third-order valence-electron chi connectivity index (χ3n) is 6.24. The molecule has 2 aliphatic rings. The Balaban J connectivity index is 1.48. The van der Waals surface area contributed by atoms with Gasteiger partial charge in [-0.3, -0.25) is 29.5 Å². The lowest BCUT2D eigenvalue weighted by Gasteiger charge is -2.39. The number of amides is 2. The van der Waals surface area contributed by atoms with Crippen molar-refractivity contribution in [3.05, 3.63) is 33.3 Å². The Morgan fingerprint density at radius 2 is 1.94 bits per heavy atom. The Hall–Kier alpha value is -2.23. The maximum absolute atomic E-state index is 12.7. The van der Waals surface area contributed by atoms with E-state index in [-0.39, 0.29) is 28.6 Å². The molecule has 1 aromatic carbocycles. The van der Waals surface area contributed by atoms with Crippen LogP contribution in [0, 0.1) is 10.1 Å². The lowest BCUT2D eigenvalue weighted by Crippen LogP contribution is -2.55. The number of halogens is 1. The van der Waals surface area contributed by atoms with Crippen molar-refractivity contribution in [2.45, 2.75) is 45.2 Å². The molecule has 2 fully saturated rings. The molecule has 9 nitrogen and oxygen atoms in total. The van der Waals surface area contributed by atoms with Crippen molar-refractivity contribution in [3.8, 4) is 0 Å². The smallest absolute Gasteiger partial charge is 0.271 e. The second-order valence-corrected chi connectivity index (χ2v) is 8.74. The SMILES string of the molecule is C[C@H](C(=O)Nc1ccc([N+](=O)[O-])cc1Cl)N1CCN(CC(=O)N2CCCC[C@@H]2C)CC1. The monoisotopic (exact) mass is 451 g/mol. The predicted octanol–water partition coefficient (Wildman–Crippen LogP) is 2.59. The summed E-state index contributed by atoms with van der Waals surface area (Å²) in [6.45, 7) is 8.04. The minimum absolute atomic E-state index is 0.124. The summed E-state index contributed by atoms with van der Waals surface area (Å²) in [7, 11) is 0. The average Bonchev–Trinajstić information content (AvgIpc) is 2.75. The summed E-state index contributed by atoms with van der Waals surface area (Å²) in [6, 6.07) is 3.91. The highest BCUT2D eigenvalue weighted by Crippen LogP contribution is 2.27. The van der Waals surface area contributed by atoms with E-state index >= 15 is 0 Å². The van der Waals surface area contributed by atoms with E-state index in [4.69, 9.17) is 11.6 Å². The summed E-state index contributed by atoms with van der Waals surface area (Å²) in [6.07, 6.45) is 3.34. The number of nitro benzene ring substituents is 1. The highest BCUT2D eigenvalue weighted by atomic mass is 35.5. The van der Waals surface area contributed by atoms with E-state index in [1.807, 2.05) is 11.8 Å². The van der Waals surface area contributed by atoms with E-state index in [1.54, 1.807) is 0 Å². The number of anilines is 1. The largest absolute Gasteiger partial charge is 0.339 e. The van der Waals surface area contributed by atoms with Crippen molar-refractivity contribution in [3.63, 3.8) is 0 Å². The van der Waals surface area contributed by atoms with Crippen LogP contribution in [-0.4, -0.2) is 82.8 Å². The van der Waals surface area contributed by atoms with Gasteiger partial charge in [0.25, 0.3) is 5.69 Å². The number of carbonyl (C=O) groups excluding carboxylic acids is 2. The number of rotatable bonds is 6. The van der Waals surface area contributed by atoms with E-state index < -0.39 is 4.92 Å². The molecule has 1 aromatic rings. The van der Waals surface area contributed by atoms with Crippen molar-refractivity contribution in [1.82, 2.24) is 14.7 Å². The van der Waals surface area contributed by atoms with Gasteiger partial charge in [0.05, 0.1) is 28.2 Å². The number of likely N-dealkylation sites (tertiary alicyclic amines) is 1. The summed E-state index contributed by atoms with van der Waals surface area (Å²) >= 11 is 6.07. The fourth-order valence-electron chi connectivity index (χ4n) is 4.18. The molecule has 10 heteroatoms. The van der Waals surface area contributed by atoms with Crippen molar-refractivity contribution < 1.29 is 14.5 Å². The molecule has 0 aliphatic carbocycles. The van der Waals surface area contributed by atoms with Gasteiger partial charge >= 0.3 is 0 Å². The zero-order valence-corrected chi connectivity index (χ0v) is 18.8. The Bertz CT molecular complexity index is 828. The molecule has 2 atom stereocenters. The molecule has 0 bridgehead atoms. The van der Waals surface area contributed by atoms with Crippen LogP contribution >= 0.6 is 11.6 Å². The van der Waals surface area contributed by atoms with Crippen LogP contribution in [0.4, 0.5) is 11.4 Å². The molecule has 170 valence electrons.